The van der Waals surface area contributed by atoms with Gasteiger partial charge in [0.25, 0.3) is 0 Å². The van der Waals surface area contributed by atoms with Crippen molar-refractivity contribution in [2.75, 3.05) is 13.1 Å². The zero-order valence-corrected chi connectivity index (χ0v) is 8.55. The Bertz CT molecular complexity index is 353. The molecule has 1 N–H and O–H groups in total. The first kappa shape index (κ1) is 9.50. The average molecular weight is 205 g/mol. The highest BCUT2D eigenvalue weighted by Crippen LogP contribution is 2.27. The minimum atomic E-state index is 0.567. The summed E-state index contributed by atoms with van der Waals surface area (Å²) in [7, 11) is 0. The first-order valence-electron chi connectivity index (χ1n) is 4.62. The molecule has 0 saturated carbocycles. The van der Waals surface area contributed by atoms with Crippen LogP contribution in [-0.4, -0.2) is 23.3 Å². The van der Waals surface area contributed by atoms with Gasteiger partial charge in [-0.1, -0.05) is 0 Å². The largest absolute Gasteiger partial charge is 0.316 e. The third-order valence-electron chi connectivity index (χ3n) is 2.19. The van der Waals surface area contributed by atoms with Gasteiger partial charge in [0.05, 0.1) is 5.56 Å². The minimum Gasteiger partial charge on any atom is -0.316 e. The van der Waals surface area contributed by atoms with Gasteiger partial charge in [-0.15, -0.1) is 11.8 Å². The van der Waals surface area contributed by atoms with Crippen molar-refractivity contribution in [1.29, 1.82) is 5.26 Å². The van der Waals surface area contributed by atoms with Crippen LogP contribution in [0.2, 0.25) is 0 Å². The van der Waals surface area contributed by atoms with E-state index in [0.29, 0.717) is 10.8 Å². The topological polar surface area (TPSA) is 48.7 Å². The lowest BCUT2D eigenvalue weighted by atomic mass is 10.3. The van der Waals surface area contributed by atoms with Gasteiger partial charge in [-0.3, -0.25) is 0 Å². The molecule has 3 nitrogen and oxygen atoms in total. The van der Waals surface area contributed by atoms with Crippen LogP contribution in [-0.2, 0) is 0 Å². The van der Waals surface area contributed by atoms with E-state index in [1.54, 1.807) is 24.0 Å². The molecule has 2 heterocycles. The Morgan fingerprint density at radius 1 is 1.64 bits per heavy atom. The first-order valence-corrected chi connectivity index (χ1v) is 5.50. The van der Waals surface area contributed by atoms with E-state index in [-0.39, 0.29) is 0 Å². The van der Waals surface area contributed by atoms with Gasteiger partial charge in [0.15, 0.2) is 0 Å². The Morgan fingerprint density at radius 2 is 2.57 bits per heavy atom. The molecule has 0 aliphatic carbocycles. The van der Waals surface area contributed by atoms with Crippen LogP contribution in [0.25, 0.3) is 0 Å². The summed E-state index contributed by atoms with van der Waals surface area (Å²) in [4.78, 5) is 4.23. The molecule has 2 rings (SSSR count). The van der Waals surface area contributed by atoms with Crippen LogP contribution in [0, 0.1) is 11.3 Å². The highest BCUT2D eigenvalue weighted by Gasteiger charge is 2.17. The van der Waals surface area contributed by atoms with E-state index in [1.165, 1.54) is 0 Å². The molecule has 1 fully saturated rings. The van der Waals surface area contributed by atoms with E-state index in [1.807, 2.05) is 6.07 Å². The molecule has 1 saturated heterocycles. The number of rotatable bonds is 2. The first-order chi connectivity index (χ1) is 6.90. The molecule has 1 unspecified atom stereocenters. The lowest BCUT2D eigenvalue weighted by Gasteiger charge is -2.07. The highest BCUT2D eigenvalue weighted by molar-refractivity contribution is 8.00. The van der Waals surface area contributed by atoms with E-state index in [9.17, 15) is 0 Å². The fraction of sp³-hybridized carbons (Fsp3) is 0.400. The zero-order chi connectivity index (χ0) is 9.80. The summed E-state index contributed by atoms with van der Waals surface area (Å²) in [5.41, 5.74) is 0.685. The van der Waals surface area contributed by atoms with E-state index in [4.69, 9.17) is 5.26 Å². The van der Waals surface area contributed by atoms with Crippen LogP contribution in [0.15, 0.2) is 23.4 Å². The maximum Gasteiger partial charge on any atom is 0.114 e. The van der Waals surface area contributed by atoms with Crippen LogP contribution < -0.4 is 5.32 Å². The molecule has 72 valence electrons. The number of nitriles is 1. The second kappa shape index (κ2) is 4.45. The predicted molar refractivity (Wildman–Crippen MR) is 56.1 cm³/mol. The lowest BCUT2D eigenvalue weighted by Crippen LogP contribution is -2.10. The summed E-state index contributed by atoms with van der Waals surface area (Å²) in [6.45, 7) is 2.10. The second-order valence-electron chi connectivity index (χ2n) is 3.20. The Hall–Kier alpha value is -1.05. The number of thioether (sulfide) groups is 1. The van der Waals surface area contributed by atoms with Crippen molar-refractivity contribution in [2.45, 2.75) is 16.7 Å². The smallest absolute Gasteiger partial charge is 0.114 e. The predicted octanol–water partition coefficient (Wildman–Crippen LogP) is 1.41. The van der Waals surface area contributed by atoms with E-state index >= 15 is 0 Å². The average Bonchev–Trinajstić information content (AvgIpc) is 2.71. The van der Waals surface area contributed by atoms with Crippen LogP contribution in [0.3, 0.4) is 0 Å². The van der Waals surface area contributed by atoms with Gasteiger partial charge >= 0.3 is 0 Å². The summed E-state index contributed by atoms with van der Waals surface area (Å²) >= 11 is 1.71. The number of aromatic nitrogens is 1. The Morgan fingerprint density at radius 3 is 3.29 bits per heavy atom. The fourth-order valence-corrected chi connectivity index (χ4v) is 2.57. The third kappa shape index (κ3) is 2.06. The lowest BCUT2D eigenvalue weighted by molar-refractivity contribution is 0.858. The number of nitrogens with zero attached hydrogens (tertiary/aromatic N) is 2. The summed E-state index contributed by atoms with van der Waals surface area (Å²) < 4.78 is 0. The van der Waals surface area contributed by atoms with Crippen LogP contribution in [0.5, 0.6) is 0 Å². The number of pyridine rings is 1. The van der Waals surface area contributed by atoms with Crippen molar-refractivity contribution in [2.24, 2.45) is 0 Å². The number of nitrogens with one attached hydrogen (secondary N) is 1. The maximum absolute atomic E-state index is 8.87. The monoisotopic (exact) mass is 205 g/mol. The van der Waals surface area contributed by atoms with Crippen molar-refractivity contribution in [3.05, 3.63) is 23.9 Å². The van der Waals surface area contributed by atoms with E-state index < -0.39 is 0 Å². The van der Waals surface area contributed by atoms with Gasteiger partial charge in [0.2, 0.25) is 0 Å². The van der Waals surface area contributed by atoms with Crippen LogP contribution in [0.4, 0.5) is 0 Å². The molecular weight excluding hydrogens is 194 g/mol. The number of hydrogen-bond acceptors (Lipinski definition) is 4. The van der Waals surface area contributed by atoms with E-state index in [2.05, 4.69) is 16.4 Å². The quantitative estimate of drug-likeness (QED) is 0.793. The molecule has 14 heavy (non-hydrogen) atoms. The number of hydrogen-bond donors (Lipinski definition) is 1. The van der Waals surface area contributed by atoms with E-state index in [0.717, 1.165) is 24.5 Å². The summed E-state index contributed by atoms with van der Waals surface area (Å²) in [6, 6.07) is 5.78. The molecule has 0 amide bonds. The molecule has 0 aromatic carbocycles. The van der Waals surface area contributed by atoms with Gasteiger partial charge in [-0.05, 0) is 25.1 Å². The van der Waals surface area contributed by atoms with Crippen LogP contribution in [0.1, 0.15) is 12.0 Å². The van der Waals surface area contributed by atoms with Gasteiger partial charge in [-0.25, -0.2) is 4.98 Å². The van der Waals surface area contributed by atoms with Gasteiger partial charge in [-0.2, -0.15) is 5.26 Å². The Labute approximate surface area is 87.5 Å². The molecule has 1 aliphatic rings. The van der Waals surface area contributed by atoms with Crippen LogP contribution >= 0.6 is 11.8 Å². The zero-order valence-electron chi connectivity index (χ0n) is 7.73. The molecule has 0 bridgehead atoms. The second-order valence-corrected chi connectivity index (χ2v) is 4.49. The van der Waals surface area contributed by atoms with Gasteiger partial charge in [0, 0.05) is 18.0 Å². The summed E-state index contributed by atoms with van der Waals surface area (Å²) in [6.07, 6.45) is 2.90. The molecular formula is C10H11N3S. The van der Waals surface area contributed by atoms with Crippen molar-refractivity contribution >= 4 is 11.8 Å². The fourth-order valence-electron chi connectivity index (χ4n) is 1.46. The summed E-state index contributed by atoms with van der Waals surface area (Å²) in [5.74, 6) is 0. The molecule has 1 aliphatic heterocycles. The highest BCUT2D eigenvalue weighted by atomic mass is 32.2. The maximum atomic E-state index is 8.87. The molecule has 1 aromatic heterocycles. The minimum absolute atomic E-state index is 0.567. The van der Waals surface area contributed by atoms with Crippen molar-refractivity contribution in [3.63, 3.8) is 0 Å². The standard InChI is InChI=1S/C10H11N3S/c11-6-8-2-1-4-13-10(8)14-9-3-5-12-7-9/h1-2,4,9,12H,3,5,7H2. The molecule has 0 spiro atoms. The normalized spacial score (nSPS) is 20.6. The Kier molecular flexibility index (Phi) is 3.02. The van der Waals surface area contributed by atoms with Crippen molar-refractivity contribution in [3.8, 4) is 6.07 Å². The molecule has 0 radical (unpaired) electrons. The van der Waals surface area contributed by atoms with Gasteiger partial charge < -0.3 is 5.32 Å². The summed E-state index contributed by atoms with van der Waals surface area (Å²) in [5, 5.41) is 13.6. The van der Waals surface area contributed by atoms with Crippen molar-refractivity contribution in [1.82, 2.24) is 10.3 Å². The molecule has 4 heteroatoms. The van der Waals surface area contributed by atoms with Gasteiger partial charge in [0.1, 0.15) is 11.1 Å². The molecule has 1 atom stereocenters. The van der Waals surface area contributed by atoms with Crippen molar-refractivity contribution < 1.29 is 0 Å². The third-order valence-corrected chi connectivity index (χ3v) is 3.47. The molecule has 1 aromatic rings. The Balaban J connectivity index is 2.11. The SMILES string of the molecule is N#Cc1cccnc1SC1CCNC1.